The van der Waals surface area contributed by atoms with E-state index in [2.05, 4.69) is 72.1 Å². The monoisotopic (exact) mass is 237 g/mol. The largest absolute Gasteiger partial charge is 0.381 e. The topological polar surface area (TPSA) is 12.0 Å². The second-order valence-electron chi connectivity index (χ2n) is 4.27. The van der Waals surface area contributed by atoms with Gasteiger partial charge in [-0.25, -0.2) is 0 Å². The third kappa shape index (κ3) is 3.49. The number of hydrogen-bond acceptors (Lipinski definition) is 1. The lowest BCUT2D eigenvalue weighted by atomic mass is 10.0. The summed E-state index contributed by atoms with van der Waals surface area (Å²) in [4.78, 5) is 0. The van der Waals surface area contributed by atoms with Crippen molar-refractivity contribution in [1.29, 1.82) is 0 Å². The highest BCUT2D eigenvalue weighted by atomic mass is 14.9. The number of para-hydroxylation sites is 1. The number of hydrogen-bond donors (Lipinski definition) is 1. The molecule has 0 aliphatic heterocycles. The minimum Gasteiger partial charge on any atom is -0.381 e. The first-order valence-corrected chi connectivity index (χ1v) is 6.37. The van der Waals surface area contributed by atoms with E-state index in [9.17, 15) is 0 Å². The Bertz CT molecular complexity index is 500. The Kier molecular flexibility index (Phi) is 4.60. The molecule has 0 amide bonds. The molecule has 0 unspecified atom stereocenters. The van der Waals surface area contributed by atoms with Crippen LogP contribution in [0.2, 0.25) is 0 Å². The van der Waals surface area contributed by atoms with E-state index >= 15 is 0 Å². The fourth-order valence-corrected chi connectivity index (χ4v) is 1.95. The molecular weight excluding hydrogens is 218 g/mol. The summed E-state index contributed by atoms with van der Waals surface area (Å²) in [6, 6.07) is 19.1. The van der Waals surface area contributed by atoms with Crippen LogP contribution in [0, 0.1) is 0 Å². The second kappa shape index (κ2) is 6.65. The first kappa shape index (κ1) is 12.4. The van der Waals surface area contributed by atoms with Crippen LogP contribution in [0.3, 0.4) is 0 Å². The lowest BCUT2D eigenvalue weighted by Crippen LogP contribution is -2.02. The maximum atomic E-state index is 3.45. The van der Waals surface area contributed by atoms with Crippen molar-refractivity contribution in [3.8, 4) is 0 Å². The Labute approximate surface area is 109 Å². The van der Waals surface area contributed by atoms with Crippen LogP contribution in [-0.4, -0.2) is 6.54 Å². The molecule has 0 radical (unpaired) electrons. The summed E-state index contributed by atoms with van der Waals surface area (Å²) < 4.78 is 0. The fourth-order valence-electron chi connectivity index (χ4n) is 1.95. The predicted molar refractivity (Wildman–Crippen MR) is 79.0 cm³/mol. The van der Waals surface area contributed by atoms with E-state index in [4.69, 9.17) is 0 Å². The van der Waals surface area contributed by atoms with Gasteiger partial charge in [0, 0.05) is 12.2 Å². The summed E-state index contributed by atoms with van der Waals surface area (Å²) in [7, 11) is 0. The van der Waals surface area contributed by atoms with Gasteiger partial charge in [0.2, 0.25) is 0 Å². The zero-order valence-electron chi connectivity index (χ0n) is 10.8. The van der Waals surface area contributed by atoms with E-state index in [1.54, 1.807) is 0 Å². The van der Waals surface area contributed by atoms with E-state index in [1.807, 2.05) is 6.92 Å². The number of nitrogens with one attached hydrogen (secondary N) is 1. The van der Waals surface area contributed by atoms with Crippen LogP contribution < -0.4 is 5.32 Å². The average molecular weight is 237 g/mol. The van der Waals surface area contributed by atoms with Crippen molar-refractivity contribution >= 4 is 5.69 Å². The molecule has 0 aromatic heterocycles. The van der Waals surface area contributed by atoms with Gasteiger partial charge >= 0.3 is 0 Å². The maximum absolute atomic E-state index is 3.45. The molecule has 0 aliphatic rings. The van der Waals surface area contributed by atoms with Crippen LogP contribution in [0.4, 0.5) is 5.69 Å². The lowest BCUT2D eigenvalue weighted by Gasteiger charge is -2.10. The van der Waals surface area contributed by atoms with Crippen LogP contribution in [0.25, 0.3) is 0 Å². The van der Waals surface area contributed by atoms with Crippen molar-refractivity contribution in [2.45, 2.75) is 13.3 Å². The Morgan fingerprint density at radius 3 is 2.44 bits per heavy atom. The van der Waals surface area contributed by atoms with Gasteiger partial charge in [0.25, 0.3) is 0 Å². The molecule has 2 rings (SSSR count). The van der Waals surface area contributed by atoms with Crippen molar-refractivity contribution in [3.63, 3.8) is 0 Å². The molecule has 0 aliphatic carbocycles. The molecule has 18 heavy (non-hydrogen) atoms. The summed E-state index contributed by atoms with van der Waals surface area (Å²) >= 11 is 0. The number of anilines is 1. The highest BCUT2D eigenvalue weighted by Gasteiger charge is 2.01. The second-order valence-corrected chi connectivity index (χ2v) is 4.27. The van der Waals surface area contributed by atoms with Crippen molar-refractivity contribution in [1.82, 2.24) is 0 Å². The number of rotatable bonds is 5. The smallest absolute Gasteiger partial charge is 0.0378 e. The van der Waals surface area contributed by atoms with Crippen molar-refractivity contribution in [2.75, 3.05) is 11.9 Å². The maximum Gasteiger partial charge on any atom is 0.0378 e. The highest BCUT2D eigenvalue weighted by Crippen LogP contribution is 2.18. The van der Waals surface area contributed by atoms with Crippen molar-refractivity contribution in [2.24, 2.45) is 0 Å². The molecule has 0 bridgehead atoms. The minimum atomic E-state index is 0.877. The molecular formula is C17H19N. The molecule has 0 spiro atoms. The lowest BCUT2D eigenvalue weighted by molar-refractivity contribution is 1.17. The normalized spacial score (nSPS) is 10.7. The van der Waals surface area contributed by atoms with Crippen LogP contribution in [0.5, 0.6) is 0 Å². The van der Waals surface area contributed by atoms with Crippen molar-refractivity contribution in [3.05, 3.63) is 77.9 Å². The summed E-state index contributed by atoms with van der Waals surface area (Å²) in [5.74, 6) is 0. The van der Waals surface area contributed by atoms with E-state index in [0.29, 0.717) is 0 Å². The number of benzene rings is 2. The molecule has 2 aromatic carbocycles. The number of allylic oxidation sites excluding steroid dienone is 1. The van der Waals surface area contributed by atoms with Crippen LogP contribution in [0.15, 0.2) is 66.7 Å². The molecule has 0 atom stereocenters. The zero-order chi connectivity index (χ0) is 12.6. The SMILES string of the molecule is C/C=C/CNc1ccccc1Cc1ccccc1. The average Bonchev–Trinajstić information content (AvgIpc) is 2.42. The van der Waals surface area contributed by atoms with Gasteiger partial charge in [-0.1, -0.05) is 60.7 Å². The summed E-state index contributed by atoms with van der Waals surface area (Å²) in [5.41, 5.74) is 3.91. The molecule has 1 heteroatoms. The molecule has 0 heterocycles. The van der Waals surface area contributed by atoms with Crippen LogP contribution >= 0.6 is 0 Å². The van der Waals surface area contributed by atoms with Crippen LogP contribution in [-0.2, 0) is 6.42 Å². The Morgan fingerprint density at radius 1 is 0.944 bits per heavy atom. The van der Waals surface area contributed by atoms with Gasteiger partial charge in [0.05, 0.1) is 0 Å². The Hall–Kier alpha value is -2.02. The molecule has 0 fully saturated rings. The molecule has 0 saturated carbocycles. The Balaban J connectivity index is 2.12. The summed E-state index contributed by atoms with van der Waals surface area (Å²) in [6.07, 6.45) is 5.16. The van der Waals surface area contributed by atoms with Gasteiger partial charge in [-0.05, 0) is 30.5 Å². The van der Waals surface area contributed by atoms with E-state index in [-0.39, 0.29) is 0 Å². The van der Waals surface area contributed by atoms with E-state index in [1.165, 1.54) is 16.8 Å². The summed E-state index contributed by atoms with van der Waals surface area (Å²) in [5, 5.41) is 3.45. The van der Waals surface area contributed by atoms with Crippen LogP contribution in [0.1, 0.15) is 18.1 Å². The quantitative estimate of drug-likeness (QED) is 0.766. The van der Waals surface area contributed by atoms with E-state index in [0.717, 1.165) is 13.0 Å². The minimum absolute atomic E-state index is 0.877. The summed E-state index contributed by atoms with van der Waals surface area (Å²) in [6.45, 7) is 2.92. The molecule has 2 aromatic rings. The zero-order valence-corrected chi connectivity index (χ0v) is 10.8. The molecule has 1 nitrogen and oxygen atoms in total. The fraction of sp³-hybridized carbons (Fsp3) is 0.176. The molecule has 92 valence electrons. The van der Waals surface area contributed by atoms with Gasteiger partial charge in [-0.2, -0.15) is 0 Å². The first-order chi connectivity index (χ1) is 8.90. The third-order valence-electron chi connectivity index (χ3n) is 2.90. The van der Waals surface area contributed by atoms with Gasteiger partial charge in [-0.15, -0.1) is 0 Å². The standard InChI is InChI=1S/C17H19N/c1-2-3-13-18-17-12-8-7-11-16(17)14-15-9-5-4-6-10-15/h2-12,18H,13-14H2,1H3/b3-2+. The molecule has 1 N–H and O–H groups in total. The van der Waals surface area contributed by atoms with Crippen molar-refractivity contribution < 1.29 is 0 Å². The van der Waals surface area contributed by atoms with Gasteiger partial charge in [-0.3, -0.25) is 0 Å². The van der Waals surface area contributed by atoms with Gasteiger partial charge in [0.15, 0.2) is 0 Å². The van der Waals surface area contributed by atoms with Gasteiger partial charge < -0.3 is 5.32 Å². The Morgan fingerprint density at radius 2 is 1.67 bits per heavy atom. The van der Waals surface area contributed by atoms with Gasteiger partial charge in [0.1, 0.15) is 0 Å². The van der Waals surface area contributed by atoms with E-state index < -0.39 is 0 Å². The molecule has 0 saturated heterocycles. The third-order valence-corrected chi connectivity index (χ3v) is 2.90. The highest BCUT2D eigenvalue weighted by molar-refractivity contribution is 5.53. The predicted octanol–water partition coefficient (Wildman–Crippen LogP) is 4.27. The first-order valence-electron chi connectivity index (χ1n) is 6.37.